The molecule has 0 heterocycles. The fourth-order valence-electron chi connectivity index (χ4n) is 3.76. The third-order valence-electron chi connectivity index (χ3n) is 4.86. The summed E-state index contributed by atoms with van der Waals surface area (Å²) in [6, 6.07) is 0. The number of carboxylic acid groups (broad SMARTS) is 1. The first-order valence-electron chi connectivity index (χ1n) is 7.69. The van der Waals surface area contributed by atoms with Gasteiger partial charge in [-0.2, -0.15) is 0 Å². The summed E-state index contributed by atoms with van der Waals surface area (Å²) in [4.78, 5) is 10.7. The van der Waals surface area contributed by atoms with Gasteiger partial charge in [-0.3, -0.25) is 0 Å². The second-order valence-corrected chi connectivity index (χ2v) is 6.11. The Balaban J connectivity index is 1.78. The molecule has 0 saturated heterocycles. The highest BCUT2D eigenvalue weighted by molar-refractivity contribution is 5.85. The van der Waals surface area contributed by atoms with Gasteiger partial charge < -0.3 is 9.84 Å². The van der Waals surface area contributed by atoms with Crippen molar-refractivity contribution >= 4 is 5.97 Å². The van der Waals surface area contributed by atoms with Gasteiger partial charge in [0, 0.05) is 12.2 Å². The summed E-state index contributed by atoms with van der Waals surface area (Å²) < 4.78 is 6.27. The number of rotatable bonds is 7. The molecule has 3 heteroatoms. The molecule has 0 aromatic rings. The Bertz CT molecular complexity index is 323. The van der Waals surface area contributed by atoms with E-state index in [2.05, 4.69) is 6.58 Å². The number of hydrogen-bond acceptors (Lipinski definition) is 2. The Hall–Kier alpha value is -0.830. The van der Waals surface area contributed by atoms with Crippen LogP contribution in [0.2, 0.25) is 0 Å². The Kier molecular flexibility index (Phi) is 5.03. The minimum atomic E-state index is -0.883. The predicted octanol–water partition coefficient (Wildman–Crippen LogP) is 3.93. The molecule has 0 aliphatic heterocycles. The van der Waals surface area contributed by atoms with E-state index in [-0.39, 0.29) is 5.60 Å². The predicted molar refractivity (Wildman–Crippen MR) is 75.1 cm³/mol. The van der Waals surface area contributed by atoms with Crippen molar-refractivity contribution in [2.75, 3.05) is 6.61 Å². The molecule has 0 aromatic carbocycles. The van der Waals surface area contributed by atoms with Crippen LogP contribution in [0.4, 0.5) is 0 Å². The lowest BCUT2D eigenvalue weighted by molar-refractivity contribution is -0.132. The molecule has 0 bridgehead atoms. The fourth-order valence-corrected chi connectivity index (χ4v) is 3.76. The summed E-state index contributed by atoms with van der Waals surface area (Å²) in [5, 5.41) is 8.78. The molecule has 0 aromatic heterocycles. The lowest BCUT2D eigenvalue weighted by Gasteiger charge is -2.35. The van der Waals surface area contributed by atoms with E-state index in [1.807, 2.05) is 0 Å². The third-order valence-corrected chi connectivity index (χ3v) is 4.86. The Morgan fingerprint density at radius 1 is 1.21 bits per heavy atom. The van der Waals surface area contributed by atoms with Crippen LogP contribution in [0.15, 0.2) is 12.2 Å². The van der Waals surface area contributed by atoms with Crippen LogP contribution in [0.5, 0.6) is 0 Å². The zero-order valence-corrected chi connectivity index (χ0v) is 11.8. The van der Waals surface area contributed by atoms with Crippen molar-refractivity contribution in [2.24, 2.45) is 5.92 Å². The molecule has 3 nitrogen and oxygen atoms in total. The Morgan fingerprint density at radius 2 is 1.84 bits per heavy atom. The van der Waals surface area contributed by atoms with Crippen LogP contribution in [-0.2, 0) is 9.53 Å². The molecule has 1 N–H and O–H groups in total. The topological polar surface area (TPSA) is 46.5 Å². The van der Waals surface area contributed by atoms with Crippen LogP contribution in [0.1, 0.15) is 64.2 Å². The van der Waals surface area contributed by atoms with E-state index in [4.69, 9.17) is 9.84 Å². The van der Waals surface area contributed by atoms with Gasteiger partial charge in [-0.15, -0.1) is 0 Å². The van der Waals surface area contributed by atoms with Crippen LogP contribution < -0.4 is 0 Å². The van der Waals surface area contributed by atoms with Gasteiger partial charge in [-0.25, -0.2) is 4.79 Å². The summed E-state index contributed by atoms with van der Waals surface area (Å²) >= 11 is 0. The lowest BCUT2D eigenvalue weighted by Crippen LogP contribution is -2.37. The zero-order valence-electron chi connectivity index (χ0n) is 11.8. The smallest absolute Gasteiger partial charge is 0.330 e. The monoisotopic (exact) mass is 266 g/mol. The van der Waals surface area contributed by atoms with Gasteiger partial charge in [0.15, 0.2) is 0 Å². The van der Waals surface area contributed by atoms with E-state index in [0.717, 1.165) is 12.3 Å². The summed E-state index contributed by atoms with van der Waals surface area (Å²) in [6.07, 6.45) is 11.7. The van der Waals surface area contributed by atoms with Gasteiger partial charge in [0.25, 0.3) is 0 Å². The molecule has 19 heavy (non-hydrogen) atoms. The number of aliphatic carboxylic acids is 1. The first-order chi connectivity index (χ1) is 9.14. The molecule has 2 rings (SSSR count). The average Bonchev–Trinajstić information content (AvgIpc) is 3.05. The van der Waals surface area contributed by atoms with Gasteiger partial charge in [0.1, 0.15) is 0 Å². The quantitative estimate of drug-likeness (QED) is 0.561. The Morgan fingerprint density at radius 3 is 2.42 bits per heavy atom. The van der Waals surface area contributed by atoms with E-state index in [1.165, 1.54) is 51.4 Å². The molecule has 2 aliphatic rings. The van der Waals surface area contributed by atoms with Gasteiger partial charge in [0.05, 0.1) is 5.60 Å². The maximum atomic E-state index is 10.7. The largest absolute Gasteiger partial charge is 0.478 e. The maximum absolute atomic E-state index is 10.7. The normalized spacial score (nSPS) is 22.7. The first kappa shape index (κ1) is 14.6. The second kappa shape index (κ2) is 6.56. The van der Waals surface area contributed by atoms with Crippen molar-refractivity contribution in [3.63, 3.8) is 0 Å². The van der Waals surface area contributed by atoms with Gasteiger partial charge in [-0.1, -0.05) is 32.3 Å². The van der Waals surface area contributed by atoms with Gasteiger partial charge in [-0.05, 0) is 44.4 Å². The zero-order chi connectivity index (χ0) is 13.7. The summed E-state index contributed by atoms with van der Waals surface area (Å²) in [6.45, 7) is 4.25. The molecule has 0 radical (unpaired) electrons. The summed E-state index contributed by atoms with van der Waals surface area (Å²) in [7, 11) is 0. The fraction of sp³-hybridized carbons (Fsp3) is 0.812. The molecule has 2 saturated carbocycles. The van der Waals surface area contributed by atoms with Crippen molar-refractivity contribution in [3.05, 3.63) is 12.2 Å². The van der Waals surface area contributed by atoms with Gasteiger partial charge in [0.2, 0.25) is 0 Å². The van der Waals surface area contributed by atoms with Crippen LogP contribution in [0.3, 0.4) is 0 Å². The number of hydrogen-bond donors (Lipinski definition) is 1. The number of ether oxygens (including phenoxy) is 1. The number of carboxylic acids is 1. The van der Waals surface area contributed by atoms with E-state index in [9.17, 15) is 4.79 Å². The van der Waals surface area contributed by atoms with E-state index in [1.54, 1.807) is 0 Å². The minimum absolute atomic E-state index is 0.126. The molecule has 0 amide bonds. The van der Waals surface area contributed by atoms with E-state index in [0.29, 0.717) is 18.6 Å². The standard InChI is InChI=1S/C16H26O3/c1-13(15(17)18)7-6-12-19-16(10-4-5-11-16)14-8-2-3-9-14/h14H,1-12H2,(H,17,18). The minimum Gasteiger partial charge on any atom is -0.478 e. The molecule has 0 unspecified atom stereocenters. The van der Waals surface area contributed by atoms with Crippen molar-refractivity contribution < 1.29 is 14.6 Å². The maximum Gasteiger partial charge on any atom is 0.330 e. The molecule has 2 fully saturated rings. The molecular formula is C16H26O3. The Labute approximate surface area is 116 Å². The van der Waals surface area contributed by atoms with E-state index >= 15 is 0 Å². The average molecular weight is 266 g/mol. The van der Waals surface area contributed by atoms with Crippen LogP contribution in [-0.4, -0.2) is 23.3 Å². The summed E-state index contributed by atoms with van der Waals surface area (Å²) in [5.74, 6) is -0.135. The van der Waals surface area contributed by atoms with Crippen LogP contribution >= 0.6 is 0 Å². The molecule has 2 aliphatic carbocycles. The molecular weight excluding hydrogens is 240 g/mol. The van der Waals surface area contributed by atoms with E-state index < -0.39 is 5.97 Å². The first-order valence-corrected chi connectivity index (χ1v) is 7.69. The van der Waals surface area contributed by atoms with Crippen molar-refractivity contribution in [2.45, 2.75) is 69.8 Å². The molecule has 108 valence electrons. The number of carbonyl (C=O) groups is 1. The SMILES string of the molecule is C=C(CCCOC1(C2CCCC2)CCCC1)C(=O)O. The molecule has 0 atom stereocenters. The van der Waals surface area contributed by atoms with Crippen molar-refractivity contribution in [1.82, 2.24) is 0 Å². The van der Waals surface area contributed by atoms with Crippen molar-refractivity contribution in [3.8, 4) is 0 Å². The highest BCUT2D eigenvalue weighted by atomic mass is 16.5. The van der Waals surface area contributed by atoms with Crippen LogP contribution in [0.25, 0.3) is 0 Å². The summed E-state index contributed by atoms with van der Waals surface area (Å²) in [5.41, 5.74) is 0.422. The van der Waals surface area contributed by atoms with Gasteiger partial charge >= 0.3 is 5.97 Å². The highest BCUT2D eigenvalue weighted by Crippen LogP contribution is 2.46. The van der Waals surface area contributed by atoms with Crippen LogP contribution in [0, 0.1) is 5.92 Å². The lowest BCUT2D eigenvalue weighted by atomic mass is 9.84. The molecule has 0 spiro atoms. The second-order valence-electron chi connectivity index (χ2n) is 6.11. The third kappa shape index (κ3) is 3.59. The van der Waals surface area contributed by atoms with Crippen molar-refractivity contribution in [1.29, 1.82) is 0 Å². The highest BCUT2D eigenvalue weighted by Gasteiger charge is 2.42.